The van der Waals surface area contributed by atoms with Gasteiger partial charge in [-0.15, -0.1) is 0 Å². The van der Waals surface area contributed by atoms with Crippen molar-refractivity contribution in [3.05, 3.63) is 120 Å². The molecule has 0 heteroatoms. The molecule has 0 atom stereocenters. The normalized spacial score (nSPS) is 13.1. The molecule has 0 aliphatic heterocycles. The molecule has 6 aromatic carbocycles. The average molecular weight is 439 g/mol. The van der Waals surface area contributed by atoms with Crippen LogP contribution in [-0.2, 0) is 19.3 Å². The molecule has 0 saturated carbocycles. The van der Waals surface area contributed by atoms with Crippen molar-refractivity contribution >= 4 is 43.1 Å². The Balaban J connectivity index is 0.000000136. The third-order valence-electron chi connectivity index (χ3n) is 7.45. The van der Waals surface area contributed by atoms with E-state index in [0.29, 0.717) is 0 Å². The summed E-state index contributed by atoms with van der Waals surface area (Å²) in [5, 5.41) is 11.1. The molecule has 6 aromatic rings. The zero-order valence-electron chi connectivity index (χ0n) is 19.9. The van der Waals surface area contributed by atoms with Gasteiger partial charge in [0.2, 0.25) is 0 Å². The van der Waals surface area contributed by atoms with Gasteiger partial charge in [-0.05, 0) is 104 Å². The van der Waals surface area contributed by atoms with Gasteiger partial charge in [0.05, 0.1) is 0 Å². The molecule has 0 spiro atoms. The van der Waals surface area contributed by atoms with E-state index in [1.54, 1.807) is 11.1 Å². The highest BCUT2D eigenvalue weighted by molar-refractivity contribution is 6.10. The minimum Gasteiger partial charge on any atom is -0.0616 e. The van der Waals surface area contributed by atoms with Gasteiger partial charge in [-0.1, -0.05) is 97.9 Å². The zero-order chi connectivity index (χ0) is 22.9. The summed E-state index contributed by atoms with van der Waals surface area (Å²) in [5.74, 6) is 0. The minimum atomic E-state index is 1.11. The number of hydrogen-bond acceptors (Lipinski definition) is 0. The van der Waals surface area contributed by atoms with Crippen LogP contribution >= 0.6 is 0 Å². The Labute approximate surface area is 201 Å². The van der Waals surface area contributed by atoms with Crippen molar-refractivity contribution in [3.63, 3.8) is 0 Å². The maximum absolute atomic E-state index is 2.46. The Morgan fingerprint density at radius 1 is 0.500 bits per heavy atom. The molecule has 0 nitrogen and oxygen atoms in total. The SMILES string of the molecule is CCc1cc2c3c(ccc2c2ccccc12)CCCC3.c1ccc2cc3ccccc3cc2c1. The van der Waals surface area contributed by atoms with Gasteiger partial charge in [0.15, 0.2) is 0 Å². The third kappa shape index (κ3) is 3.74. The van der Waals surface area contributed by atoms with E-state index in [-0.39, 0.29) is 0 Å². The van der Waals surface area contributed by atoms with Crippen molar-refractivity contribution < 1.29 is 0 Å². The standard InChI is InChI=1S/C20H20.C14H10/c1-2-14-13-20-17-9-4-3-7-15(17)11-12-19(20)18-10-6-5-8-16(14)18;1-2-6-12-10-14-8-4-3-7-13(14)9-11(12)5-1/h5-6,8,10-13H,2-4,7,9H2,1H3;1-10H. The van der Waals surface area contributed by atoms with Crippen molar-refractivity contribution in [1.29, 1.82) is 0 Å². The summed E-state index contributed by atoms with van der Waals surface area (Å²) in [7, 11) is 0. The van der Waals surface area contributed by atoms with Crippen LogP contribution in [0.5, 0.6) is 0 Å². The molecule has 0 fully saturated rings. The molecule has 0 radical (unpaired) electrons. The first-order valence-electron chi connectivity index (χ1n) is 12.6. The summed E-state index contributed by atoms with van der Waals surface area (Å²) in [6, 6.07) is 37.5. The van der Waals surface area contributed by atoms with Gasteiger partial charge in [-0.25, -0.2) is 0 Å². The second-order valence-corrected chi connectivity index (χ2v) is 9.49. The summed E-state index contributed by atoms with van der Waals surface area (Å²) in [6.45, 7) is 2.27. The molecule has 0 heterocycles. The minimum absolute atomic E-state index is 1.11. The lowest BCUT2D eigenvalue weighted by Gasteiger charge is -2.20. The molecule has 1 aliphatic carbocycles. The zero-order valence-corrected chi connectivity index (χ0v) is 19.9. The quantitative estimate of drug-likeness (QED) is 0.177. The van der Waals surface area contributed by atoms with Gasteiger partial charge in [0.1, 0.15) is 0 Å². The van der Waals surface area contributed by atoms with E-state index >= 15 is 0 Å². The van der Waals surface area contributed by atoms with Crippen LogP contribution in [0, 0.1) is 0 Å². The van der Waals surface area contributed by atoms with Gasteiger partial charge >= 0.3 is 0 Å². The van der Waals surface area contributed by atoms with Gasteiger partial charge < -0.3 is 0 Å². The number of fused-ring (bicyclic) bond motifs is 7. The first-order chi connectivity index (χ1) is 16.8. The van der Waals surface area contributed by atoms with Crippen molar-refractivity contribution in [2.75, 3.05) is 0 Å². The van der Waals surface area contributed by atoms with Gasteiger partial charge in [0, 0.05) is 0 Å². The van der Waals surface area contributed by atoms with E-state index in [4.69, 9.17) is 0 Å². The molecule has 0 saturated heterocycles. The average Bonchev–Trinajstić information content (AvgIpc) is 2.91. The summed E-state index contributed by atoms with van der Waals surface area (Å²) >= 11 is 0. The summed E-state index contributed by atoms with van der Waals surface area (Å²) in [5.41, 5.74) is 4.70. The van der Waals surface area contributed by atoms with Crippen LogP contribution in [0.3, 0.4) is 0 Å². The topological polar surface area (TPSA) is 0 Å². The van der Waals surface area contributed by atoms with Crippen LogP contribution in [0.4, 0.5) is 0 Å². The smallest absolute Gasteiger partial charge is 0.0102 e. The Bertz CT molecular complexity index is 1530. The van der Waals surface area contributed by atoms with Crippen LogP contribution in [0.25, 0.3) is 43.1 Å². The highest BCUT2D eigenvalue weighted by atomic mass is 14.2. The Hall–Kier alpha value is -3.64. The van der Waals surface area contributed by atoms with E-state index in [1.165, 1.54) is 74.3 Å². The molecule has 166 valence electrons. The van der Waals surface area contributed by atoms with Crippen molar-refractivity contribution in [2.45, 2.75) is 39.0 Å². The number of rotatable bonds is 1. The fourth-order valence-electron chi connectivity index (χ4n) is 5.68. The highest BCUT2D eigenvalue weighted by Crippen LogP contribution is 2.35. The molecule has 0 bridgehead atoms. The molecule has 0 N–H and O–H groups in total. The second-order valence-electron chi connectivity index (χ2n) is 9.49. The fraction of sp³-hybridized carbons (Fsp3) is 0.176. The fourth-order valence-corrected chi connectivity index (χ4v) is 5.68. The number of hydrogen-bond donors (Lipinski definition) is 0. The van der Waals surface area contributed by atoms with Crippen molar-refractivity contribution in [3.8, 4) is 0 Å². The number of benzene rings is 6. The van der Waals surface area contributed by atoms with E-state index in [9.17, 15) is 0 Å². The maximum atomic E-state index is 2.46. The predicted molar refractivity (Wildman–Crippen MR) is 149 cm³/mol. The molecule has 7 rings (SSSR count). The highest BCUT2D eigenvalue weighted by Gasteiger charge is 2.14. The second kappa shape index (κ2) is 8.95. The molecule has 1 aliphatic rings. The lowest BCUT2D eigenvalue weighted by molar-refractivity contribution is 0.690. The molecule has 0 unspecified atom stereocenters. The van der Waals surface area contributed by atoms with Gasteiger partial charge in [-0.3, -0.25) is 0 Å². The summed E-state index contributed by atoms with van der Waals surface area (Å²) in [6.07, 6.45) is 6.33. The Kier molecular flexibility index (Phi) is 5.51. The van der Waals surface area contributed by atoms with Crippen molar-refractivity contribution in [1.82, 2.24) is 0 Å². The Morgan fingerprint density at radius 2 is 1.03 bits per heavy atom. The first-order valence-corrected chi connectivity index (χ1v) is 12.6. The van der Waals surface area contributed by atoms with Gasteiger partial charge in [0.25, 0.3) is 0 Å². The molecular weight excluding hydrogens is 408 g/mol. The van der Waals surface area contributed by atoms with Gasteiger partial charge in [-0.2, -0.15) is 0 Å². The summed E-state index contributed by atoms with van der Waals surface area (Å²) < 4.78 is 0. The predicted octanol–water partition coefficient (Wildman–Crippen LogP) is 9.43. The summed E-state index contributed by atoms with van der Waals surface area (Å²) in [4.78, 5) is 0. The van der Waals surface area contributed by atoms with Crippen LogP contribution < -0.4 is 0 Å². The largest absolute Gasteiger partial charge is 0.0616 e. The Morgan fingerprint density at radius 3 is 1.65 bits per heavy atom. The third-order valence-corrected chi connectivity index (χ3v) is 7.45. The van der Waals surface area contributed by atoms with E-state index in [0.717, 1.165) is 6.42 Å². The van der Waals surface area contributed by atoms with E-state index in [1.807, 2.05) is 0 Å². The lowest BCUT2D eigenvalue weighted by Crippen LogP contribution is -2.03. The van der Waals surface area contributed by atoms with E-state index in [2.05, 4.69) is 110 Å². The molecule has 34 heavy (non-hydrogen) atoms. The van der Waals surface area contributed by atoms with Crippen molar-refractivity contribution in [2.24, 2.45) is 0 Å². The number of aryl methyl sites for hydroxylation is 3. The monoisotopic (exact) mass is 438 g/mol. The lowest BCUT2D eigenvalue weighted by atomic mass is 9.85. The molecule has 0 amide bonds. The molecule has 0 aromatic heterocycles. The molecular formula is C34H30. The first kappa shape index (κ1) is 20.9. The van der Waals surface area contributed by atoms with Crippen LogP contribution in [0.1, 0.15) is 36.5 Å². The van der Waals surface area contributed by atoms with Crippen LogP contribution in [0.15, 0.2) is 103 Å². The van der Waals surface area contributed by atoms with Crippen LogP contribution in [-0.4, -0.2) is 0 Å². The van der Waals surface area contributed by atoms with E-state index < -0.39 is 0 Å². The maximum Gasteiger partial charge on any atom is -0.0102 e. The van der Waals surface area contributed by atoms with Crippen LogP contribution in [0.2, 0.25) is 0 Å².